The molecule has 1 aliphatic carbocycles. The van der Waals surface area contributed by atoms with Crippen LogP contribution in [0.25, 0.3) is 0 Å². The molecule has 0 N–H and O–H groups in total. The number of ether oxygens (including phenoxy) is 1. The van der Waals surface area contributed by atoms with Gasteiger partial charge < -0.3 is 14.5 Å². The lowest BCUT2D eigenvalue weighted by Gasteiger charge is -2.31. The SMILES string of the molecule is O=C(C1CCCC1)N1CCc2cc(OCCCN3CCCCC3)ccc2C1. The minimum atomic E-state index is 0.286. The van der Waals surface area contributed by atoms with Gasteiger partial charge in [0.05, 0.1) is 6.61 Å². The third-order valence-corrected chi connectivity index (χ3v) is 6.54. The van der Waals surface area contributed by atoms with Crippen LogP contribution >= 0.6 is 0 Å². The molecule has 4 nitrogen and oxygen atoms in total. The van der Waals surface area contributed by atoms with Crippen molar-refractivity contribution in [2.45, 2.75) is 64.3 Å². The van der Waals surface area contributed by atoms with Crippen molar-refractivity contribution in [1.82, 2.24) is 9.80 Å². The molecule has 1 saturated carbocycles. The zero-order valence-electron chi connectivity index (χ0n) is 16.6. The lowest BCUT2D eigenvalue weighted by atomic mass is 9.97. The Bertz CT molecular complexity index is 633. The Morgan fingerprint density at radius 3 is 2.63 bits per heavy atom. The van der Waals surface area contributed by atoms with E-state index in [2.05, 4.69) is 28.0 Å². The van der Waals surface area contributed by atoms with E-state index < -0.39 is 0 Å². The Morgan fingerprint density at radius 1 is 1.00 bits per heavy atom. The maximum atomic E-state index is 12.7. The second-order valence-corrected chi connectivity index (χ2v) is 8.53. The molecular weight excluding hydrogens is 336 g/mol. The van der Waals surface area contributed by atoms with E-state index in [0.717, 1.165) is 57.7 Å². The number of hydrogen-bond donors (Lipinski definition) is 0. The molecule has 1 saturated heterocycles. The summed E-state index contributed by atoms with van der Waals surface area (Å²) in [6.07, 6.45) is 10.8. The van der Waals surface area contributed by atoms with Crippen molar-refractivity contribution < 1.29 is 9.53 Å². The van der Waals surface area contributed by atoms with Gasteiger partial charge in [-0.2, -0.15) is 0 Å². The summed E-state index contributed by atoms with van der Waals surface area (Å²) in [5.74, 6) is 1.66. The van der Waals surface area contributed by atoms with Crippen LogP contribution in [-0.2, 0) is 17.8 Å². The fraction of sp³-hybridized carbons (Fsp3) is 0.696. The molecule has 2 aliphatic heterocycles. The second-order valence-electron chi connectivity index (χ2n) is 8.53. The average Bonchev–Trinajstić information content (AvgIpc) is 3.26. The maximum absolute atomic E-state index is 12.7. The lowest BCUT2D eigenvalue weighted by Crippen LogP contribution is -2.39. The van der Waals surface area contributed by atoms with Crippen LogP contribution in [0.3, 0.4) is 0 Å². The Balaban J connectivity index is 1.25. The van der Waals surface area contributed by atoms with E-state index in [4.69, 9.17) is 4.74 Å². The monoisotopic (exact) mass is 370 g/mol. The van der Waals surface area contributed by atoms with Crippen LogP contribution in [0.2, 0.25) is 0 Å². The van der Waals surface area contributed by atoms with Gasteiger partial charge in [0, 0.05) is 25.6 Å². The molecule has 2 heterocycles. The molecule has 0 radical (unpaired) electrons. The number of fused-ring (bicyclic) bond motifs is 1. The van der Waals surface area contributed by atoms with E-state index >= 15 is 0 Å². The Kier molecular flexibility index (Phi) is 6.33. The summed E-state index contributed by atoms with van der Waals surface area (Å²) in [6, 6.07) is 6.46. The van der Waals surface area contributed by atoms with Crippen molar-refractivity contribution in [3.05, 3.63) is 29.3 Å². The molecule has 148 valence electrons. The normalized spacial score (nSPS) is 21.3. The number of hydrogen-bond acceptors (Lipinski definition) is 3. The number of rotatable bonds is 6. The molecule has 4 heteroatoms. The number of piperidine rings is 1. The minimum absolute atomic E-state index is 0.286. The Hall–Kier alpha value is -1.55. The molecule has 0 unspecified atom stereocenters. The molecular formula is C23H34N2O2. The molecule has 1 aromatic carbocycles. The summed E-state index contributed by atoms with van der Waals surface area (Å²) < 4.78 is 6.01. The van der Waals surface area contributed by atoms with Gasteiger partial charge in [-0.1, -0.05) is 25.3 Å². The standard InChI is InChI=1S/C23H34N2O2/c26-23(19-7-2-3-8-19)25-15-11-20-17-22(10-9-21(20)18-25)27-16-6-14-24-12-4-1-5-13-24/h9-10,17,19H,1-8,11-16,18H2. The molecule has 1 amide bonds. The van der Waals surface area contributed by atoms with Gasteiger partial charge in [0.2, 0.25) is 5.91 Å². The number of carbonyl (C=O) groups excluding carboxylic acids is 1. The first-order valence-corrected chi connectivity index (χ1v) is 11.1. The van der Waals surface area contributed by atoms with Gasteiger partial charge in [0.15, 0.2) is 0 Å². The van der Waals surface area contributed by atoms with Crippen molar-refractivity contribution >= 4 is 5.91 Å². The highest BCUT2D eigenvalue weighted by Crippen LogP contribution is 2.30. The summed E-state index contributed by atoms with van der Waals surface area (Å²) in [6.45, 7) is 6.11. The molecule has 4 rings (SSSR count). The maximum Gasteiger partial charge on any atom is 0.225 e. The quantitative estimate of drug-likeness (QED) is 0.709. The Labute approximate surface area is 163 Å². The third-order valence-electron chi connectivity index (χ3n) is 6.54. The summed E-state index contributed by atoms with van der Waals surface area (Å²) in [5, 5.41) is 0. The number of nitrogens with zero attached hydrogens (tertiary/aromatic N) is 2. The van der Waals surface area contributed by atoms with E-state index in [-0.39, 0.29) is 5.92 Å². The van der Waals surface area contributed by atoms with Gasteiger partial charge >= 0.3 is 0 Å². The molecule has 0 atom stereocenters. The topological polar surface area (TPSA) is 32.8 Å². The van der Waals surface area contributed by atoms with Gasteiger partial charge in [-0.05, 0) is 74.9 Å². The first-order chi connectivity index (χ1) is 13.3. The van der Waals surface area contributed by atoms with E-state index in [1.807, 2.05) is 0 Å². The number of likely N-dealkylation sites (tertiary alicyclic amines) is 1. The molecule has 1 aromatic rings. The highest BCUT2D eigenvalue weighted by molar-refractivity contribution is 5.79. The summed E-state index contributed by atoms with van der Waals surface area (Å²) in [5.41, 5.74) is 2.66. The summed E-state index contributed by atoms with van der Waals surface area (Å²) in [4.78, 5) is 17.3. The summed E-state index contributed by atoms with van der Waals surface area (Å²) >= 11 is 0. The molecule has 0 aromatic heterocycles. The van der Waals surface area contributed by atoms with Crippen LogP contribution in [-0.4, -0.2) is 48.5 Å². The van der Waals surface area contributed by atoms with Crippen LogP contribution in [0.1, 0.15) is 62.5 Å². The fourth-order valence-corrected chi connectivity index (χ4v) is 4.90. The first-order valence-electron chi connectivity index (χ1n) is 11.1. The van der Waals surface area contributed by atoms with Crippen LogP contribution in [0.4, 0.5) is 0 Å². The molecule has 0 spiro atoms. The van der Waals surface area contributed by atoms with Gasteiger partial charge in [0.25, 0.3) is 0 Å². The summed E-state index contributed by atoms with van der Waals surface area (Å²) in [7, 11) is 0. The minimum Gasteiger partial charge on any atom is -0.494 e. The van der Waals surface area contributed by atoms with Gasteiger partial charge in [0.1, 0.15) is 5.75 Å². The van der Waals surface area contributed by atoms with Crippen LogP contribution < -0.4 is 4.74 Å². The first kappa shape index (κ1) is 18.8. The van der Waals surface area contributed by atoms with Crippen LogP contribution in [0, 0.1) is 5.92 Å². The zero-order chi connectivity index (χ0) is 18.5. The lowest BCUT2D eigenvalue weighted by molar-refractivity contribution is -0.136. The smallest absolute Gasteiger partial charge is 0.225 e. The van der Waals surface area contributed by atoms with E-state index in [1.54, 1.807) is 0 Å². The number of amides is 1. The second kappa shape index (κ2) is 9.09. The average molecular weight is 371 g/mol. The molecule has 0 bridgehead atoms. The zero-order valence-corrected chi connectivity index (χ0v) is 16.6. The van der Waals surface area contributed by atoms with Crippen molar-refractivity contribution in [2.75, 3.05) is 32.8 Å². The van der Waals surface area contributed by atoms with Crippen LogP contribution in [0.5, 0.6) is 5.75 Å². The van der Waals surface area contributed by atoms with Crippen molar-refractivity contribution in [1.29, 1.82) is 0 Å². The van der Waals surface area contributed by atoms with E-state index in [1.165, 1.54) is 56.3 Å². The van der Waals surface area contributed by atoms with Gasteiger partial charge in [-0.15, -0.1) is 0 Å². The van der Waals surface area contributed by atoms with Gasteiger partial charge in [-0.3, -0.25) is 4.79 Å². The third kappa shape index (κ3) is 4.84. The van der Waals surface area contributed by atoms with Crippen molar-refractivity contribution in [3.63, 3.8) is 0 Å². The highest BCUT2D eigenvalue weighted by Gasteiger charge is 2.29. The van der Waals surface area contributed by atoms with E-state index in [0.29, 0.717) is 5.91 Å². The molecule has 27 heavy (non-hydrogen) atoms. The predicted molar refractivity (Wildman–Crippen MR) is 108 cm³/mol. The van der Waals surface area contributed by atoms with Crippen molar-refractivity contribution in [3.8, 4) is 5.75 Å². The molecule has 2 fully saturated rings. The molecule has 3 aliphatic rings. The fourth-order valence-electron chi connectivity index (χ4n) is 4.90. The van der Waals surface area contributed by atoms with E-state index in [9.17, 15) is 4.79 Å². The number of carbonyl (C=O) groups is 1. The highest BCUT2D eigenvalue weighted by atomic mass is 16.5. The largest absolute Gasteiger partial charge is 0.494 e. The van der Waals surface area contributed by atoms with Gasteiger partial charge in [-0.25, -0.2) is 0 Å². The predicted octanol–water partition coefficient (Wildman–Crippen LogP) is 4.02. The number of benzene rings is 1. The van der Waals surface area contributed by atoms with Crippen LogP contribution in [0.15, 0.2) is 18.2 Å². The Morgan fingerprint density at radius 2 is 1.81 bits per heavy atom. The van der Waals surface area contributed by atoms with Crippen molar-refractivity contribution in [2.24, 2.45) is 5.92 Å².